The van der Waals surface area contributed by atoms with Crippen molar-refractivity contribution in [2.45, 2.75) is 17.8 Å². The molecule has 0 bridgehead atoms. The van der Waals surface area contributed by atoms with Crippen LogP contribution < -0.4 is 5.56 Å². The normalized spacial score (nSPS) is 11.2. The van der Waals surface area contributed by atoms with Crippen LogP contribution in [-0.4, -0.2) is 19.1 Å². The van der Waals surface area contributed by atoms with E-state index in [1.807, 2.05) is 49.0 Å². The molecule has 0 saturated heterocycles. The molecule has 2 heterocycles. The number of nitrogens with zero attached hydrogens (tertiary/aromatic N) is 4. The lowest BCUT2D eigenvalue weighted by atomic mass is 10.2. The van der Waals surface area contributed by atoms with E-state index in [9.17, 15) is 4.79 Å². The number of hydrogen-bond acceptors (Lipinski definition) is 4. The zero-order chi connectivity index (χ0) is 19.0. The van der Waals surface area contributed by atoms with Crippen molar-refractivity contribution in [3.63, 3.8) is 0 Å². The molecule has 0 unspecified atom stereocenters. The molecule has 0 aliphatic carbocycles. The largest absolute Gasteiger partial charge is 0.337 e. The molecule has 0 radical (unpaired) electrons. The SMILES string of the molecule is Cc1ccccc1-n1c(SCc2nccn2C)nc2cc(Cl)ccc2c1=O. The van der Waals surface area contributed by atoms with E-state index in [-0.39, 0.29) is 5.56 Å². The van der Waals surface area contributed by atoms with Crippen LogP contribution >= 0.6 is 23.4 Å². The van der Waals surface area contributed by atoms with Crippen molar-refractivity contribution in [2.24, 2.45) is 7.05 Å². The number of para-hydroxylation sites is 1. The number of aryl methyl sites for hydroxylation is 2. The molecular formula is C20H17ClN4OS. The molecule has 4 aromatic rings. The molecule has 0 aliphatic rings. The minimum atomic E-state index is -0.103. The van der Waals surface area contributed by atoms with E-state index in [0.717, 1.165) is 17.1 Å². The average molecular weight is 397 g/mol. The van der Waals surface area contributed by atoms with Gasteiger partial charge in [0.2, 0.25) is 0 Å². The van der Waals surface area contributed by atoms with Gasteiger partial charge in [-0.2, -0.15) is 0 Å². The first-order valence-electron chi connectivity index (χ1n) is 8.42. The molecule has 7 heteroatoms. The van der Waals surface area contributed by atoms with E-state index >= 15 is 0 Å². The van der Waals surface area contributed by atoms with Gasteiger partial charge in [-0.1, -0.05) is 41.6 Å². The smallest absolute Gasteiger partial charge is 0.266 e. The number of thioether (sulfide) groups is 1. The Morgan fingerprint density at radius 1 is 1.19 bits per heavy atom. The maximum absolute atomic E-state index is 13.3. The summed E-state index contributed by atoms with van der Waals surface area (Å²) in [5, 5.41) is 1.72. The van der Waals surface area contributed by atoms with Gasteiger partial charge >= 0.3 is 0 Å². The molecule has 0 aliphatic heterocycles. The van der Waals surface area contributed by atoms with Crippen molar-refractivity contribution in [3.8, 4) is 5.69 Å². The van der Waals surface area contributed by atoms with Gasteiger partial charge in [0.05, 0.1) is 22.3 Å². The van der Waals surface area contributed by atoms with Crippen LogP contribution in [0.25, 0.3) is 16.6 Å². The molecule has 0 spiro atoms. The molecule has 0 saturated carbocycles. The summed E-state index contributed by atoms with van der Waals surface area (Å²) in [6, 6.07) is 13.0. The number of hydrogen-bond donors (Lipinski definition) is 0. The number of fused-ring (bicyclic) bond motifs is 1. The second kappa shape index (κ2) is 7.21. The van der Waals surface area contributed by atoms with Gasteiger partial charge in [-0.15, -0.1) is 0 Å². The number of imidazole rings is 1. The minimum Gasteiger partial charge on any atom is -0.337 e. The predicted octanol–water partition coefficient (Wildman–Crippen LogP) is 4.37. The van der Waals surface area contributed by atoms with Crippen molar-refractivity contribution >= 4 is 34.3 Å². The number of halogens is 1. The average Bonchev–Trinajstić information content (AvgIpc) is 3.06. The molecule has 4 rings (SSSR count). The monoisotopic (exact) mass is 396 g/mol. The van der Waals surface area contributed by atoms with Crippen molar-refractivity contribution in [1.29, 1.82) is 0 Å². The Morgan fingerprint density at radius 2 is 2.00 bits per heavy atom. The Morgan fingerprint density at radius 3 is 2.74 bits per heavy atom. The van der Waals surface area contributed by atoms with Gasteiger partial charge < -0.3 is 4.57 Å². The highest BCUT2D eigenvalue weighted by Crippen LogP contribution is 2.26. The van der Waals surface area contributed by atoms with Crippen molar-refractivity contribution < 1.29 is 0 Å². The van der Waals surface area contributed by atoms with Gasteiger partial charge in [0, 0.05) is 24.5 Å². The fourth-order valence-electron chi connectivity index (χ4n) is 2.93. The third-order valence-electron chi connectivity index (χ3n) is 4.41. The van der Waals surface area contributed by atoms with Crippen LogP contribution in [-0.2, 0) is 12.8 Å². The molecule has 0 N–H and O–H groups in total. The Bertz CT molecular complexity index is 1200. The van der Waals surface area contributed by atoms with Crippen LogP contribution in [0.3, 0.4) is 0 Å². The predicted molar refractivity (Wildman–Crippen MR) is 110 cm³/mol. The van der Waals surface area contributed by atoms with E-state index in [1.165, 1.54) is 11.8 Å². The summed E-state index contributed by atoms with van der Waals surface area (Å²) in [5.74, 6) is 1.52. The second-order valence-corrected chi connectivity index (χ2v) is 7.60. The maximum Gasteiger partial charge on any atom is 0.266 e. The Balaban J connectivity index is 1.91. The first-order valence-corrected chi connectivity index (χ1v) is 9.78. The topological polar surface area (TPSA) is 52.7 Å². The molecule has 5 nitrogen and oxygen atoms in total. The summed E-state index contributed by atoms with van der Waals surface area (Å²) < 4.78 is 3.64. The van der Waals surface area contributed by atoms with Crippen LogP contribution in [0.15, 0.2) is 64.8 Å². The van der Waals surface area contributed by atoms with Crippen LogP contribution in [0.5, 0.6) is 0 Å². The van der Waals surface area contributed by atoms with Crippen molar-refractivity contribution in [2.75, 3.05) is 0 Å². The zero-order valence-electron chi connectivity index (χ0n) is 14.9. The summed E-state index contributed by atoms with van der Waals surface area (Å²) in [7, 11) is 1.95. The van der Waals surface area contributed by atoms with Crippen LogP contribution in [0.2, 0.25) is 5.02 Å². The molecule has 136 valence electrons. The highest BCUT2D eigenvalue weighted by Gasteiger charge is 2.16. The Hall–Kier alpha value is -2.57. The van der Waals surface area contributed by atoms with E-state index in [2.05, 4.69) is 4.98 Å². The molecule has 2 aromatic carbocycles. The van der Waals surface area contributed by atoms with Crippen molar-refractivity contribution in [3.05, 3.63) is 81.6 Å². The minimum absolute atomic E-state index is 0.103. The second-order valence-electron chi connectivity index (χ2n) is 6.23. The molecule has 0 fully saturated rings. The van der Waals surface area contributed by atoms with E-state index in [1.54, 1.807) is 29.0 Å². The Labute approximate surface area is 165 Å². The first kappa shape index (κ1) is 17.8. The quantitative estimate of drug-likeness (QED) is 0.379. The van der Waals surface area contributed by atoms with Crippen LogP contribution in [0.4, 0.5) is 0 Å². The fourth-order valence-corrected chi connectivity index (χ4v) is 4.10. The van der Waals surface area contributed by atoms with E-state index in [0.29, 0.717) is 26.8 Å². The molecule has 0 amide bonds. The molecule has 0 atom stereocenters. The molecule has 2 aromatic heterocycles. The van der Waals surface area contributed by atoms with E-state index in [4.69, 9.17) is 16.6 Å². The molecule has 27 heavy (non-hydrogen) atoms. The van der Waals surface area contributed by atoms with Gasteiger partial charge in [-0.25, -0.2) is 9.97 Å². The van der Waals surface area contributed by atoms with Gasteiger partial charge in [0.1, 0.15) is 5.82 Å². The molecular weight excluding hydrogens is 380 g/mol. The number of aromatic nitrogens is 4. The zero-order valence-corrected chi connectivity index (χ0v) is 16.5. The maximum atomic E-state index is 13.3. The van der Waals surface area contributed by atoms with Crippen LogP contribution in [0, 0.1) is 6.92 Å². The highest BCUT2D eigenvalue weighted by molar-refractivity contribution is 7.98. The lowest BCUT2D eigenvalue weighted by molar-refractivity contribution is 0.808. The lowest BCUT2D eigenvalue weighted by Crippen LogP contribution is -2.22. The highest BCUT2D eigenvalue weighted by atomic mass is 35.5. The van der Waals surface area contributed by atoms with Gasteiger partial charge in [0.25, 0.3) is 5.56 Å². The summed E-state index contributed by atoms with van der Waals surface area (Å²) >= 11 is 7.60. The summed E-state index contributed by atoms with van der Waals surface area (Å²) in [4.78, 5) is 22.4. The number of benzene rings is 2. The van der Waals surface area contributed by atoms with Crippen molar-refractivity contribution in [1.82, 2.24) is 19.1 Å². The summed E-state index contributed by atoms with van der Waals surface area (Å²) in [6.07, 6.45) is 3.66. The summed E-state index contributed by atoms with van der Waals surface area (Å²) in [5.41, 5.74) is 2.33. The lowest BCUT2D eigenvalue weighted by Gasteiger charge is -2.15. The van der Waals surface area contributed by atoms with Crippen LogP contribution in [0.1, 0.15) is 11.4 Å². The third kappa shape index (κ3) is 3.38. The van der Waals surface area contributed by atoms with Gasteiger partial charge in [-0.3, -0.25) is 9.36 Å². The third-order valence-corrected chi connectivity index (χ3v) is 5.58. The fraction of sp³-hybridized carbons (Fsp3) is 0.150. The summed E-state index contributed by atoms with van der Waals surface area (Å²) in [6.45, 7) is 1.99. The standard InChI is InChI=1S/C20H17ClN4OS/c1-13-5-3-4-6-17(13)25-19(26)15-8-7-14(21)11-16(15)23-20(25)27-12-18-22-9-10-24(18)2/h3-11H,12H2,1-2H3. The first-order chi connectivity index (χ1) is 13.0. The van der Waals surface area contributed by atoms with Gasteiger partial charge in [-0.05, 0) is 36.8 Å². The Kier molecular flexibility index (Phi) is 4.76. The number of rotatable bonds is 4. The van der Waals surface area contributed by atoms with Gasteiger partial charge in [0.15, 0.2) is 5.16 Å². The van der Waals surface area contributed by atoms with E-state index < -0.39 is 0 Å².